The zero-order valence-electron chi connectivity index (χ0n) is 44.9. The second-order valence-corrected chi connectivity index (χ2v) is 21.7. The standard InChI is InChI=1S/C72H64N6O/c1-3-21-67-61(4-2)62-30-17-19-32-68(62)77(67)59-44-51(45-60(46-59)78(79)71-33-20-18-31-63(71)66-49-73-43-42-72(66)78)50-34-36-56(37-35-50)76-69-40-38-57(74(52-22-9-5-10-23-52)53-24-11-6-12-25-53)47-64(69)65-48-58(39-41-70(65)76)75(54-26-13-7-14-27-54)55-28-15-8-16-29-55/h5-20,22-41,44-48,61,66-67,72-73H,3-4,21,42-43,49H2,1-2H3. The third-order valence-corrected chi connectivity index (χ3v) is 17.4. The van der Waals surface area contributed by atoms with Crippen LogP contribution in [0.5, 0.6) is 0 Å². The minimum Gasteiger partial charge on any atom is -0.622 e. The first-order valence-corrected chi connectivity index (χ1v) is 28.4. The van der Waals surface area contributed by atoms with Crippen LogP contribution in [0.3, 0.4) is 0 Å². The van der Waals surface area contributed by atoms with Crippen molar-refractivity contribution >= 4 is 78.7 Å². The summed E-state index contributed by atoms with van der Waals surface area (Å²) in [4.78, 5) is 7.28. The van der Waals surface area contributed by atoms with Crippen LogP contribution in [-0.2, 0) is 0 Å². The van der Waals surface area contributed by atoms with E-state index in [1.807, 2.05) is 0 Å². The lowest BCUT2D eigenvalue weighted by Gasteiger charge is -2.46. The van der Waals surface area contributed by atoms with Crippen LogP contribution in [0.2, 0.25) is 0 Å². The Kier molecular flexibility index (Phi) is 12.5. The molecule has 0 amide bonds. The summed E-state index contributed by atoms with van der Waals surface area (Å²) in [6, 6.07) is 90.0. The molecule has 0 aliphatic carbocycles. The molecule has 1 saturated heterocycles. The normalized spacial score (nSPS) is 19.3. The molecule has 5 atom stereocenters. The summed E-state index contributed by atoms with van der Waals surface area (Å²) in [6.45, 7) is 6.28. The van der Waals surface area contributed by atoms with E-state index < -0.39 is 4.65 Å². The number of aromatic nitrogens is 1. The van der Waals surface area contributed by atoms with Crippen molar-refractivity contribution in [2.45, 2.75) is 63.5 Å². The predicted octanol–water partition coefficient (Wildman–Crippen LogP) is 18.8. The Bertz CT molecular complexity index is 3760. The van der Waals surface area contributed by atoms with E-state index in [0.717, 1.165) is 129 Å². The van der Waals surface area contributed by atoms with Crippen molar-refractivity contribution < 1.29 is 0 Å². The average Bonchev–Trinajstić information content (AvgIpc) is 3.88. The van der Waals surface area contributed by atoms with Crippen LogP contribution in [0, 0.1) is 5.21 Å². The highest BCUT2D eigenvalue weighted by atomic mass is 16.6. The van der Waals surface area contributed by atoms with Crippen LogP contribution in [0.25, 0.3) is 38.6 Å². The Balaban J connectivity index is 0.944. The number of anilines is 8. The van der Waals surface area contributed by atoms with Gasteiger partial charge in [-0.25, -0.2) is 0 Å². The van der Waals surface area contributed by atoms with Crippen molar-refractivity contribution in [1.29, 1.82) is 0 Å². The molecule has 388 valence electrons. The summed E-state index contributed by atoms with van der Waals surface area (Å²) in [7, 11) is 0. The third-order valence-electron chi connectivity index (χ3n) is 17.4. The molecule has 0 saturated carbocycles. The van der Waals surface area contributed by atoms with E-state index in [9.17, 15) is 0 Å². The van der Waals surface area contributed by atoms with E-state index in [4.69, 9.17) is 0 Å². The van der Waals surface area contributed by atoms with E-state index in [2.05, 4.69) is 287 Å². The lowest BCUT2D eigenvalue weighted by Crippen LogP contribution is -2.51. The van der Waals surface area contributed by atoms with Crippen LogP contribution in [0.4, 0.5) is 56.9 Å². The van der Waals surface area contributed by atoms with Gasteiger partial charge in [0.15, 0.2) is 0 Å². The van der Waals surface area contributed by atoms with Crippen molar-refractivity contribution in [2.24, 2.45) is 0 Å². The van der Waals surface area contributed by atoms with Gasteiger partial charge >= 0.3 is 0 Å². The molecule has 0 radical (unpaired) electrons. The second-order valence-electron chi connectivity index (χ2n) is 21.7. The van der Waals surface area contributed by atoms with Crippen LogP contribution >= 0.6 is 0 Å². The summed E-state index contributed by atoms with van der Waals surface area (Å²) in [5.41, 5.74) is 18.6. The minimum absolute atomic E-state index is 0.110. The van der Waals surface area contributed by atoms with Crippen LogP contribution in [-0.4, -0.2) is 29.7 Å². The number of nitrogens with one attached hydrogen (secondary N) is 1. The lowest BCUT2D eigenvalue weighted by molar-refractivity contribution is 0.291. The van der Waals surface area contributed by atoms with Crippen molar-refractivity contribution in [2.75, 3.05) is 27.8 Å². The van der Waals surface area contributed by atoms with Crippen LogP contribution in [0.15, 0.2) is 249 Å². The second kappa shape index (κ2) is 20.3. The van der Waals surface area contributed by atoms with Crippen molar-refractivity contribution in [3.8, 4) is 16.8 Å². The minimum atomic E-state index is -0.449. The van der Waals surface area contributed by atoms with Gasteiger partial charge in [0.25, 0.3) is 0 Å². The van der Waals surface area contributed by atoms with Gasteiger partial charge in [-0.3, -0.25) is 4.65 Å². The molecular weight excluding hydrogens is 965 g/mol. The molecule has 1 aromatic heterocycles. The first-order chi connectivity index (χ1) is 39.0. The molecule has 1 N–H and O–H groups in total. The summed E-state index contributed by atoms with van der Waals surface area (Å²) in [5, 5.41) is 22.4. The van der Waals surface area contributed by atoms with E-state index in [0.29, 0.717) is 5.92 Å². The maximum absolute atomic E-state index is 16.4. The number of rotatable bonds is 13. The fourth-order valence-electron chi connectivity index (χ4n) is 13.9. The smallest absolute Gasteiger partial charge is 0.141 e. The van der Waals surface area contributed by atoms with Gasteiger partial charge in [0, 0.05) is 117 Å². The molecule has 3 aliphatic heterocycles. The van der Waals surface area contributed by atoms with E-state index in [-0.39, 0.29) is 18.0 Å². The summed E-state index contributed by atoms with van der Waals surface area (Å²) < 4.78 is 1.97. The van der Waals surface area contributed by atoms with Crippen molar-refractivity contribution in [3.63, 3.8) is 0 Å². The number of piperidine rings is 1. The van der Waals surface area contributed by atoms with Gasteiger partial charge in [-0.05, 0) is 139 Å². The first kappa shape index (κ1) is 48.6. The zero-order chi connectivity index (χ0) is 53.0. The molecule has 7 heteroatoms. The quantitative estimate of drug-likeness (QED) is 0.0921. The average molecular weight is 1030 g/mol. The Morgan fingerprint density at radius 2 is 1.04 bits per heavy atom. The molecule has 5 unspecified atom stereocenters. The topological polar surface area (TPSA) is 49.7 Å². The molecule has 1 fully saturated rings. The zero-order valence-corrected chi connectivity index (χ0v) is 44.9. The Hall–Kier alpha value is -8.72. The molecular formula is C72H64N6O. The van der Waals surface area contributed by atoms with E-state index >= 15 is 5.21 Å². The molecule has 0 bridgehead atoms. The lowest BCUT2D eigenvalue weighted by atomic mass is 9.89. The fraction of sp³-hybridized carbons (Fsp3) is 0.167. The first-order valence-electron chi connectivity index (χ1n) is 28.4. The maximum Gasteiger partial charge on any atom is 0.141 e. The summed E-state index contributed by atoms with van der Waals surface area (Å²) >= 11 is 0. The van der Waals surface area contributed by atoms with Crippen molar-refractivity contribution in [1.82, 2.24) is 14.5 Å². The highest BCUT2D eigenvalue weighted by Crippen LogP contribution is 2.56. The van der Waals surface area contributed by atoms with Gasteiger partial charge in [-0.1, -0.05) is 142 Å². The molecule has 0 spiro atoms. The molecule has 14 rings (SSSR count). The van der Waals surface area contributed by atoms with Gasteiger partial charge in [0.2, 0.25) is 0 Å². The number of nitrogens with zero attached hydrogens (tertiary/aromatic N) is 5. The number of fused-ring (bicyclic) bond motifs is 7. The van der Waals surface area contributed by atoms with E-state index in [1.54, 1.807) is 0 Å². The van der Waals surface area contributed by atoms with Gasteiger partial charge in [0.1, 0.15) is 17.4 Å². The largest absolute Gasteiger partial charge is 0.622 e. The monoisotopic (exact) mass is 1030 g/mol. The Morgan fingerprint density at radius 3 is 1.59 bits per heavy atom. The number of para-hydroxylation sites is 6. The molecule has 79 heavy (non-hydrogen) atoms. The Labute approximate surface area is 464 Å². The van der Waals surface area contributed by atoms with Gasteiger partial charge < -0.3 is 29.8 Å². The third kappa shape index (κ3) is 8.22. The molecule has 7 nitrogen and oxygen atoms in total. The Morgan fingerprint density at radius 1 is 0.506 bits per heavy atom. The number of hydroxylamine groups is 1. The molecule has 11 aromatic rings. The molecule has 10 aromatic carbocycles. The number of benzene rings is 10. The van der Waals surface area contributed by atoms with Gasteiger partial charge in [-0.2, -0.15) is 0 Å². The maximum atomic E-state index is 16.4. The van der Waals surface area contributed by atoms with Crippen molar-refractivity contribution in [3.05, 3.63) is 265 Å². The molecule has 4 heterocycles. The molecule has 3 aliphatic rings. The SMILES string of the molecule is CCCC1C(CC)c2ccccc2N1c1cc(-c2ccc(-n3c4ccc(N(c5ccccc5)c5ccccc5)cc4c4cc(N(c5ccccc5)c5ccccc5)ccc43)cc2)cc([N+]2([O-])c3ccccc3C3CNCCC32)c1. The number of hydrogen-bond donors (Lipinski definition) is 1. The number of quaternary nitrogens is 1. The van der Waals surface area contributed by atoms with E-state index in [1.165, 1.54) is 16.8 Å². The highest BCUT2D eigenvalue weighted by Gasteiger charge is 2.50. The highest BCUT2D eigenvalue weighted by molar-refractivity contribution is 6.12. The van der Waals surface area contributed by atoms with Gasteiger partial charge in [0.05, 0.1) is 17.0 Å². The van der Waals surface area contributed by atoms with Gasteiger partial charge in [-0.15, -0.1) is 0 Å². The summed E-state index contributed by atoms with van der Waals surface area (Å²) in [5.74, 6) is 0.550. The van der Waals surface area contributed by atoms with Crippen LogP contribution in [0.1, 0.15) is 62.5 Å². The number of hydrogen-bond acceptors (Lipinski definition) is 5. The predicted molar refractivity (Wildman–Crippen MR) is 331 cm³/mol. The fourth-order valence-corrected chi connectivity index (χ4v) is 13.9. The van der Waals surface area contributed by atoms with Crippen LogP contribution < -0.4 is 24.7 Å². The summed E-state index contributed by atoms with van der Waals surface area (Å²) in [6.07, 6.45) is 4.01.